The van der Waals surface area contributed by atoms with Gasteiger partial charge < -0.3 is 14.5 Å². The third kappa shape index (κ3) is 4.98. The zero-order valence-corrected chi connectivity index (χ0v) is 19.7. The van der Waals surface area contributed by atoms with E-state index in [9.17, 15) is 31.2 Å². The maximum Gasteiger partial charge on any atom is 0.416 e. The number of alkyl halides is 3. The van der Waals surface area contributed by atoms with Gasteiger partial charge in [-0.05, 0) is 68.5 Å². The first-order valence-corrected chi connectivity index (χ1v) is 12.0. The minimum atomic E-state index is -4.55. The van der Waals surface area contributed by atoms with E-state index in [-0.39, 0.29) is 45.4 Å². The summed E-state index contributed by atoms with van der Waals surface area (Å²) in [5, 5.41) is 2.62. The number of aryl methyl sites for hydroxylation is 1. The number of rotatable bonds is 6. The van der Waals surface area contributed by atoms with Crippen LogP contribution in [0.2, 0.25) is 0 Å². The van der Waals surface area contributed by atoms with Crippen LogP contribution in [0.25, 0.3) is 11.6 Å². The first-order chi connectivity index (χ1) is 16.9. The molecule has 1 amide bonds. The molecule has 2 aromatic carbocycles. The fourth-order valence-corrected chi connectivity index (χ4v) is 4.63. The minimum Gasteiger partial charge on any atom is -0.462 e. The van der Waals surface area contributed by atoms with Crippen LogP contribution in [0.4, 0.5) is 24.5 Å². The second kappa shape index (κ2) is 9.19. The van der Waals surface area contributed by atoms with E-state index in [1.807, 2.05) is 0 Å². The lowest BCUT2D eigenvalue weighted by molar-refractivity contribution is -0.137. The number of furan rings is 1. The van der Waals surface area contributed by atoms with E-state index >= 15 is 0 Å². The second-order valence-corrected chi connectivity index (χ2v) is 9.42. The summed E-state index contributed by atoms with van der Waals surface area (Å²) in [6.07, 6.45) is -3.18. The van der Waals surface area contributed by atoms with Crippen LogP contribution in [0.15, 0.2) is 57.8 Å². The number of carbonyl (C=O) groups is 2. The van der Waals surface area contributed by atoms with Gasteiger partial charge in [-0.2, -0.15) is 13.2 Å². The third-order valence-corrected chi connectivity index (χ3v) is 6.65. The molecule has 1 aliphatic heterocycles. The minimum absolute atomic E-state index is 0.0639. The summed E-state index contributed by atoms with van der Waals surface area (Å²) >= 11 is 0. The van der Waals surface area contributed by atoms with E-state index < -0.39 is 33.6 Å². The molecule has 0 aliphatic carbocycles. The molecule has 188 valence electrons. The molecule has 0 fully saturated rings. The number of amides is 1. The normalized spacial score (nSPS) is 14.5. The van der Waals surface area contributed by atoms with Crippen LogP contribution in [0.3, 0.4) is 0 Å². The van der Waals surface area contributed by atoms with Gasteiger partial charge in [0.05, 0.1) is 22.6 Å². The highest BCUT2D eigenvalue weighted by Gasteiger charge is 2.31. The molecule has 0 radical (unpaired) electrons. The molecule has 8 nitrogen and oxygen atoms in total. The fourth-order valence-electron chi connectivity index (χ4n) is 3.55. The van der Waals surface area contributed by atoms with Gasteiger partial charge in [0.25, 0.3) is 15.9 Å². The first kappa shape index (κ1) is 25.0. The summed E-state index contributed by atoms with van der Waals surface area (Å²) in [4.78, 5) is 24.4. The van der Waals surface area contributed by atoms with Gasteiger partial charge in [0, 0.05) is 16.9 Å². The summed E-state index contributed by atoms with van der Waals surface area (Å²) in [6, 6.07) is 8.86. The Kier molecular flexibility index (Phi) is 6.39. The number of carbonyl (C=O) groups excluding carboxylic acids is 2. The van der Waals surface area contributed by atoms with Crippen LogP contribution in [0, 0.1) is 6.92 Å². The van der Waals surface area contributed by atoms with Gasteiger partial charge in [-0.15, -0.1) is 0 Å². The largest absolute Gasteiger partial charge is 0.462 e. The lowest BCUT2D eigenvalue weighted by Crippen LogP contribution is -2.13. The SMILES string of the molecule is CCOC(=O)c1cc(C=C2C(=O)Nc3ccc(S(=O)(=O)Nc4ccc(C(F)(F)F)cc4)cc32)oc1C. The average Bonchev–Trinajstić information content (AvgIpc) is 3.32. The van der Waals surface area contributed by atoms with Crippen LogP contribution in [0.5, 0.6) is 0 Å². The van der Waals surface area contributed by atoms with Crippen molar-refractivity contribution >= 4 is 44.9 Å². The Balaban J connectivity index is 1.64. The van der Waals surface area contributed by atoms with Crippen molar-refractivity contribution < 1.29 is 40.3 Å². The number of halogens is 3. The van der Waals surface area contributed by atoms with E-state index in [1.54, 1.807) is 13.8 Å². The maximum atomic E-state index is 12.9. The molecule has 12 heteroatoms. The van der Waals surface area contributed by atoms with Crippen molar-refractivity contribution in [3.05, 3.63) is 76.7 Å². The average molecular weight is 520 g/mol. The summed E-state index contributed by atoms with van der Waals surface area (Å²) in [6.45, 7) is 3.40. The molecule has 0 unspecified atom stereocenters. The van der Waals surface area contributed by atoms with Gasteiger partial charge in [-0.1, -0.05) is 0 Å². The summed E-state index contributed by atoms with van der Waals surface area (Å²) < 4.78 is 76.8. The number of esters is 1. The Morgan fingerprint density at radius 2 is 1.83 bits per heavy atom. The predicted octanol–water partition coefficient (Wildman–Crippen LogP) is 5.08. The molecule has 0 atom stereocenters. The second-order valence-electron chi connectivity index (χ2n) is 7.74. The topological polar surface area (TPSA) is 115 Å². The van der Waals surface area contributed by atoms with E-state index in [4.69, 9.17) is 9.15 Å². The Morgan fingerprint density at radius 1 is 1.14 bits per heavy atom. The van der Waals surface area contributed by atoms with Gasteiger partial charge in [-0.25, -0.2) is 13.2 Å². The van der Waals surface area contributed by atoms with Crippen LogP contribution < -0.4 is 10.0 Å². The highest BCUT2D eigenvalue weighted by atomic mass is 32.2. The molecule has 2 heterocycles. The molecule has 0 saturated heterocycles. The maximum absolute atomic E-state index is 12.9. The van der Waals surface area contributed by atoms with Crippen molar-refractivity contribution in [2.75, 3.05) is 16.6 Å². The van der Waals surface area contributed by atoms with E-state index in [0.29, 0.717) is 5.69 Å². The summed E-state index contributed by atoms with van der Waals surface area (Å²) in [5.74, 6) is -0.620. The van der Waals surface area contributed by atoms with E-state index in [1.165, 1.54) is 30.3 Å². The number of hydrogen-bond acceptors (Lipinski definition) is 6. The van der Waals surface area contributed by atoms with Crippen molar-refractivity contribution in [3.63, 3.8) is 0 Å². The quantitative estimate of drug-likeness (QED) is 0.346. The number of sulfonamides is 1. The van der Waals surface area contributed by atoms with Crippen LogP contribution in [-0.2, 0) is 25.7 Å². The smallest absolute Gasteiger partial charge is 0.416 e. The van der Waals surface area contributed by atoms with Crippen molar-refractivity contribution in [2.24, 2.45) is 0 Å². The molecule has 36 heavy (non-hydrogen) atoms. The highest BCUT2D eigenvalue weighted by molar-refractivity contribution is 7.92. The number of benzene rings is 2. The van der Waals surface area contributed by atoms with Crippen LogP contribution in [0.1, 0.15) is 39.9 Å². The van der Waals surface area contributed by atoms with Gasteiger partial charge in [0.1, 0.15) is 17.1 Å². The van der Waals surface area contributed by atoms with Crippen LogP contribution >= 0.6 is 0 Å². The Hall–Kier alpha value is -4.06. The number of anilines is 2. The van der Waals surface area contributed by atoms with Crippen molar-refractivity contribution in [1.29, 1.82) is 0 Å². The van der Waals surface area contributed by atoms with E-state index in [0.717, 1.165) is 24.3 Å². The lowest BCUT2D eigenvalue weighted by Gasteiger charge is -2.11. The lowest BCUT2D eigenvalue weighted by atomic mass is 10.1. The number of hydrogen-bond donors (Lipinski definition) is 2. The van der Waals surface area contributed by atoms with Gasteiger partial charge in [-0.3, -0.25) is 9.52 Å². The van der Waals surface area contributed by atoms with Crippen molar-refractivity contribution in [2.45, 2.75) is 24.9 Å². The summed E-state index contributed by atoms with van der Waals surface area (Å²) in [5.41, 5.74) is -0.0663. The number of ether oxygens (including phenoxy) is 1. The van der Waals surface area contributed by atoms with Crippen molar-refractivity contribution in [1.82, 2.24) is 0 Å². The monoisotopic (exact) mass is 520 g/mol. The predicted molar refractivity (Wildman–Crippen MR) is 125 cm³/mol. The number of nitrogens with one attached hydrogen (secondary N) is 2. The van der Waals surface area contributed by atoms with Gasteiger partial charge in [0.2, 0.25) is 0 Å². The van der Waals surface area contributed by atoms with Gasteiger partial charge in [0.15, 0.2) is 0 Å². The molecular weight excluding hydrogens is 501 g/mol. The first-order valence-electron chi connectivity index (χ1n) is 10.5. The standard InChI is InChI=1S/C24H19F3N2O6S/c1-3-34-23(31)18-10-16(35-13(18)2)11-20-19-12-17(8-9-21(19)28-22(20)30)36(32,33)29-15-6-4-14(5-7-15)24(25,26)27/h4-12,29H,3H2,1-2H3,(H,28,30). The molecule has 1 aliphatic rings. The molecule has 4 rings (SSSR count). The highest BCUT2D eigenvalue weighted by Crippen LogP contribution is 2.36. The molecule has 2 N–H and O–H groups in total. The zero-order valence-electron chi connectivity index (χ0n) is 18.9. The zero-order chi connectivity index (χ0) is 26.3. The Bertz CT molecular complexity index is 1490. The van der Waals surface area contributed by atoms with Crippen LogP contribution in [-0.4, -0.2) is 26.9 Å². The Morgan fingerprint density at radius 3 is 2.47 bits per heavy atom. The molecule has 1 aromatic heterocycles. The summed E-state index contributed by atoms with van der Waals surface area (Å²) in [7, 11) is -4.20. The third-order valence-electron chi connectivity index (χ3n) is 5.27. The molecular formula is C24H19F3N2O6S. The molecule has 0 saturated carbocycles. The van der Waals surface area contributed by atoms with Crippen molar-refractivity contribution in [3.8, 4) is 0 Å². The molecule has 0 spiro atoms. The van der Waals surface area contributed by atoms with E-state index in [2.05, 4.69) is 10.0 Å². The fraction of sp³-hybridized carbons (Fsp3) is 0.167. The molecule has 3 aromatic rings. The molecule has 0 bridgehead atoms. The number of fused-ring (bicyclic) bond motifs is 1. The van der Waals surface area contributed by atoms with Gasteiger partial charge >= 0.3 is 12.1 Å². The Labute approximate surface area is 203 Å².